The van der Waals surface area contributed by atoms with Crippen molar-refractivity contribution in [2.75, 3.05) is 0 Å². The summed E-state index contributed by atoms with van der Waals surface area (Å²) in [5.41, 5.74) is 7.83. The number of aromatic nitrogens is 3. The lowest BCUT2D eigenvalue weighted by Gasteiger charge is -2.40. The van der Waals surface area contributed by atoms with Crippen LogP contribution in [0, 0.1) is 0 Å². The summed E-state index contributed by atoms with van der Waals surface area (Å²) in [7, 11) is 0. The zero-order chi connectivity index (χ0) is 15.0. The molecule has 4 aromatic rings. The second-order valence-corrected chi connectivity index (χ2v) is 6.96. The summed E-state index contributed by atoms with van der Waals surface area (Å²) in [6.07, 6.45) is 7.56. The lowest BCUT2D eigenvalue weighted by atomic mass is 9.63. The third-order valence-corrected chi connectivity index (χ3v) is 5.95. The van der Waals surface area contributed by atoms with E-state index in [9.17, 15) is 0 Å². The van der Waals surface area contributed by atoms with E-state index in [-0.39, 0.29) is 11.8 Å². The molecule has 108 valence electrons. The zero-order valence-corrected chi connectivity index (χ0v) is 12.9. The summed E-state index contributed by atoms with van der Waals surface area (Å²) in [6.45, 7) is 0. The van der Waals surface area contributed by atoms with Crippen LogP contribution in [0.3, 0.4) is 0 Å². The van der Waals surface area contributed by atoms with Gasteiger partial charge in [-0.3, -0.25) is 4.98 Å². The number of nitrogens with zero attached hydrogens (tertiary/aromatic N) is 3. The molecule has 2 atom stereocenters. The molecule has 0 aliphatic heterocycles. The SMILES string of the molecule is c1cc2c(cn1)C1c3cc4cscc4cc3C2c2ncncc21. The summed E-state index contributed by atoms with van der Waals surface area (Å²) in [5, 5.41) is 7.11. The minimum Gasteiger partial charge on any atom is -0.264 e. The highest BCUT2D eigenvalue weighted by Crippen LogP contribution is 2.55. The molecule has 0 radical (unpaired) electrons. The number of thiophene rings is 1. The van der Waals surface area contributed by atoms with Gasteiger partial charge >= 0.3 is 0 Å². The van der Waals surface area contributed by atoms with Crippen LogP contribution in [0.1, 0.15) is 45.3 Å². The van der Waals surface area contributed by atoms with Crippen LogP contribution in [0.15, 0.2) is 53.9 Å². The van der Waals surface area contributed by atoms with Crippen LogP contribution < -0.4 is 0 Å². The Hall–Kier alpha value is -2.59. The van der Waals surface area contributed by atoms with Gasteiger partial charge in [0.05, 0.1) is 11.6 Å². The normalized spacial score (nSPS) is 20.2. The molecule has 0 fully saturated rings. The maximum atomic E-state index is 4.64. The first-order valence-electron chi connectivity index (χ1n) is 7.65. The Morgan fingerprint density at radius 1 is 0.783 bits per heavy atom. The Morgan fingerprint density at radius 3 is 2.43 bits per heavy atom. The molecular weight excluding hydrogens is 302 g/mol. The molecule has 0 amide bonds. The van der Waals surface area contributed by atoms with Crippen LogP contribution >= 0.6 is 11.3 Å². The molecule has 2 bridgehead atoms. The third kappa shape index (κ3) is 1.38. The maximum Gasteiger partial charge on any atom is 0.115 e. The van der Waals surface area contributed by atoms with Gasteiger partial charge in [-0.15, -0.1) is 0 Å². The molecule has 3 heterocycles. The Balaban J connectivity index is 1.78. The molecular formula is C19H11N3S. The number of benzene rings is 1. The van der Waals surface area contributed by atoms with E-state index < -0.39 is 0 Å². The minimum atomic E-state index is 0.204. The van der Waals surface area contributed by atoms with Crippen molar-refractivity contribution >= 4 is 22.1 Å². The second-order valence-electron chi connectivity index (χ2n) is 6.22. The Kier molecular flexibility index (Phi) is 2.09. The molecule has 23 heavy (non-hydrogen) atoms. The molecule has 2 unspecified atom stereocenters. The van der Waals surface area contributed by atoms with E-state index in [1.807, 2.05) is 18.6 Å². The van der Waals surface area contributed by atoms with Crippen LogP contribution in [0.4, 0.5) is 0 Å². The minimum absolute atomic E-state index is 0.204. The van der Waals surface area contributed by atoms with Gasteiger partial charge < -0.3 is 0 Å². The lowest BCUT2D eigenvalue weighted by molar-refractivity contribution is 0.715. The van der Waals surface area contributed by atoms with Gasteiger partial charge in [-0.2, -0.15) is 11.3 Å². The highest BCUT2D eigenvalue weighted by molar-refractivity contribution is 7.09. The van der Waals surface area contributed by atoms with Crippen LogP contribution in [-0.4, -0.2) is 15.0 Å². The second kappa shape index (κ2) is 4.03. The van der Waals surface area contributed by atoms with E-state index in [0.29, 0.717) is 0 Å². The van der Waals surface area contributed by atoms with E-state index >= 15 is 0 Å². The van der Waals surface area contributed by atoms with Crippen molar-refractivity contribution in [3.63, 3.8) is 0 Å². The van der Waals surface area contributed by atoms with Gasteiger partial charge in [0, 0.05) is 30.1 Å². The molecule has 3 aliphatic rings. The predicted octanol–water partition coefficient (Wildman–Crippen LogP) is 4.07. The van der Waals surface area contributed by atoms with Gasteiger partial charge in [0.2, 0.25) is 0 Å². The third-order valence-electron chi connectivity index (χ3n) is 5.17. The van der Waals surface area contributed by atoms with Gasteiger partial charge in [-0.25, -0.2) is 9.97 Å². The van der Waals surface area contributed by atoms with E-state index in [1.165, 1.54) is 38.6 Å². The van der Waals surface area contributed by atoms with Crippen molar-refractivity contribution in [1.82, 2.24) is 15.0 Å². The van der Waals surface area contributed by atoms with Gasteiger partial charge in [-0.05, 0) is 62.0 Å². The van der Waals surface area contributed by atoms with E-state index in [0.717, 1.165) is 5.69 Å². The largest absolute Gasteiger partial charge is 0.264 e. The summed E-state index contributed by atoms with van der Waals surface area (Å²) in [6, 6.07) is 6.86. The van der Waals surface area contributed by atoms with Crippen LogP contribution in [0.25, 0.3) is 10.8 Å². The number of fused-ring (bicyclic) bond motifs is 1. The predicted molar refractivity (Wildman–Crippen MR) is 90.0 cm³/mol. The number of rotatable bonds is 0. The molecule has 0 N–H and O–H groups in total. The molecule has 3 aliphatic carbocycles. The van der Waals surface area contributed by atoms with Crippen LogP contribution in [0.2, 0.25) is 0 Å². The van der Waals surface area contributed by atoms with Gasteiger partial charge in [0.25, 0.3) is 0 Å². The van der Waals surface area contributed by atoms with Crippen molar-refractivity contribution < 1.29 is 0 Å². The van der Waals surface area contributed by atoms with Crippen molar-refractivity contribution in [2.24, 2.45) is 0 Å². The Morgan fingerprint density at radius 2 is 1.57 bits per heavy atom. The van der Waals surface area contributed by atoms with E-state index in [4.69, 9.17) is 0 Å². The van der Waals surface area contributed by atoms with Gasteiger partial charge in [0.15, 0.2) is 0 Å². The van der Waals surface area contributed by atoms with Gasteiger partial charge in [0.1, 0.15) is 6.33 Å². The smallest absolute Gasteiger partial charge is 0.115 e. The molecule has 0 saturated carbocycles. The monoisotopic (exact) mass is 313 g/mol. The average Bonchev–Trinajstić information content (AvgIpc) is 3.06. The number of pyridine rings is 1. The Labute approximate surface area is 136 Å². The van der Waals surface area contributed by atoms with Crippen molar-refractivity contribution in [3.05, 3.63) is 87.4 Å². The Bertz CT molecular complexity index is 967. The molecule has 3 aromatic heterocycles. The summed E-state index contributed by atoms with van der Waals surface area (Å²) < 4.78 is 0. The first-order valence-corrected chi connectivity index (χ1v) is 8.59. The fourth-order valence-corrected chi connectivity index (χ4v) is 5.02. The summed E-state index contributed by atoms with van der Waals surface area (Å²) >= 11 is 1.76. The molecule has 3 nitrogen and oxygen atoms in total. The fourth-order valence-electron chi connectivity index (χ4n) is 4.25. The highest BCUT2D eigenvalue weighted by atomic mass is 32.1. The quantitative estimate of drug-likeness (QED) is 0.424. The summed E-state index contributed by atoms with van der Waals surface area (Å²) in [5.74, 6) is 0.412. The van der Waals surface area contributed by atoms with Crippen molar-refractivity contribution in [2.45, 2.75) is 11.8 Å². The average molecular weight is 313 g/mol. The zero-order valence-electron chi connectivity index (χ0n) is 12.1. The first-order chi connectivity index (χ1) is 11.4. The number of hydrogen-bond donors (Lipinski definition) is 0. The van der Waals surface area contributed by atoms with Crippen molar-refractivity contribution in [1.29, 1.82) is 0 Å². The molecule has 0 saturated heterocycles. The topological polar surface area (TPSA) is 38.7 Å². The molecule has 4 heteroatoms. The first kappa shape index (κ1) is 11.9. The lowest BCUT2D eigenvalue weighted by Crippen LogP contribution is -2.28. The number of hydrogen-bond acceptors (Lipinski definition) is 4. The van der Waals surface area contributed by atoms with E-state index in [1.54, 1.807) is 17.7 Å². The molecule has 1 aromatic carbocycles. The molecule has 7 rings (SSSR count). The van der Waals surface area contributed by atoms with Crippen molar-refractivity contribution in [3.8, 4) is 0 Å². The maximum absolute atomic E-state index is 4.64. The standard InChI is InChI=1S/C19H11N3S/c1-2-20-5-15-12(1)18-14-4-11-8-23-7-10(11)3-13(14)17(15)16-6-21-9-22-19(16)18/h1-9,17-18H. The van der Waals surface area contributed by atoms with E-state index in [2.05, 4.69) is 43.9 Å². The highest BCUT2D eigenvalue weighted by Gasteiger charge is 2.42. The van der Waals surface area contributed by atoms with Crippen LogP contribution in [0.5, 0.6) is 0 Å². The molecule has 0 spiro atoms. The fraction of sp³-hybridized carbons (Fsp3) is 0.105. The van der Waals surface area contributed by atoms with Gasteiger partial charge in [-0.1, -0.05) is 0 Å². The summed E-state index contributed by atoms with van der Waals surface area (Å²) in [4.78, 5) is 13.3. The van der Waals surface area contributed by atoms with Crippen LogP contribution in [-0.2, 0) is 0 Å².